The highest BCUT2D eigenvalue weighted by atomic mass is 16.5. The summed E-state index contributed by atoms with van der Waals surface area (Å²) in [6.45, 7) is 6.88. The fourth-order valence-corrected chi connectivity index (χ4v) is 3.13. The lowest BCUT2D eigenvalue weighted by molar-refractivity contribution is 0.153. The van der Waals surface area contributed by atoms with Gasteiger partial charge in [-0.15, -0.1) is 0 Å². The Hall–Kier alpha value is -1.92. The highest BCUT2D eigenvalue weighted by molar-refractivity contribution is 5.31. The zero-order chi connectivity index (χ0) is 16.9. The number of rotatable bonds is 7. The van der Waals surface area contributed by atoms with Gasteiger partial charge >= 0.3 is 6.01 Å². The maximum Gasteiger partial charge on any atom is 0.321 e. The molecule has 3 rings (SSSR count). The van der Waals surface area contributed by atoms with E-state index in [-0.39, 0.29) is 18.6 Å². The van der Waals surface area contributed by atoms with Crippen LogP contribution in [0.15, 0.2) is 28.8 Å². The molecule has 0 saturated carbocycles. The Morgan fingerprint density at radius 2 is 2.12 bits per heavy atom. The van der Waals surface area contributed by atoms with E-state index in [1.165, 1.54) is 11.1 Å². The van der Waals surface area contributed by atoms with Crippen LogP contribution >= 0.6 is 0 Å². The summed E-state index contributed by atoms with van der Waals surface area (Å²) < 4.78 is 5.24. The molecule has 2 heterocycles. The van der Waals surface area contributed by atoms with Crippen LogP contribution in [0, 0.1) is 0 Å². The lowest BCUT2D eigenvalue weighted by Crippen LogP contribution is -2.32. The molecule has 1 aliphatic heterocycles. The van der Waals surface area contributed by atoms with Crippen LogP contribution in [-0.2, 0) is 13.1 Å². The van der Waals surface area contributed by atoms with Gasteiger partial charge in [0.1, 0.15) is 0 Å². The van der Waals surface area contributed by atoms with Gasteiger partial charge in [0, 0.05) is 25.0 Å². The van der Waals surface area contributed by atoms with E-state index < -0.39 is 0 Å². The topological polar surface area (TPSA) is 74.4 Å². The highest BCUT2D eigenvalue weighted by Crippen LogP contribution is 2.22. The largest absolute Gasteiger partial charge is 0.395 e. The lowest BCUT2D eigenvalue weighted by atomic mass is 10.1. The van der Waals surface area contributed by atoms with Gasteiger partial charge in [-0.1, -0.05) is 43.3 Å². The minimum atomic E-state index is 0.236. The summed E-state index contributed by atoms with van der Waals surface area (Å²) in [5, 5.41) is 16.7. The second-order valence-electron chi connectivity index (χ2n) is 6.68. The summed E-state index contributed by atoms with van der Waals surface area (Å²) in [4.78, 5) is 6.71. The van der Waals surface area contributed by atoms with Gasteiger partial charge in [0.15, 0.2) is 5.82 Å². The van der Waals surface area contributed by atoms with E-state index in [9.17, 15) is 5.11 Å². The molecule has 130 valence electrons. The molecule has 1 atom stereocenters. The van der Waals surface area contributed by atoms with Gasteiger partial charge in [-0.25, -0.2) is 0 Å². The van der Waals surface area contributed by atoms with Crippen LogP contribution in [-0.4, -0.2) is 39.3 Å². The molecular weight excluding hydrogens is 304 g/mol. The first-order valence-electron chi connectivity index (χ1n) is 8.66. The molecule has 2 aromatic rings. The van der Waals surface area contributed by atoms with Crippen LogP contribution in [0.25, 0.3) is 0 Å². The summed E-state index contributed by atoms with van der Waals surface area (Å²) in [5.74, 6) is 0.968. The van der Waals surface area contributed by atoms with Gasteiger partial charge < -0.3 is 14.9 Å². The second kappa shape index (κ2) is 7.77. The van der Waals surface area contributed by atoms with Gasteiger partial charge in [0.25, 0.3) is 0 Å². The maximum absolute atomic E-state index is 9.50. The molecule has 0 amide bonds. The fraction of sp³-hybridized carbons (Fsp3) is 0.556. The van der Waals surface area contributed by atoms with Crippen molar-refractivity contribution in [1.29, 1.82) is 0 Å². The molecule has 0 aliphatic carbocycles. The van der Waals surface area contributed by atoms with Crippen LogP contribution < -0.4 is 5.32 Å². The zero-order valence-corrected chi connectivity index (χ0v) is 14.4. The summed E-state index contributed by atoms with van der Waals surface area (Å²) in [7, 11) is 0. The number of benzene rings is 1. The molecule has 0 radical (unpaired) electrons. The number of aliphatic hydroxyl groups is 1. The Labute approximate surface area is 142 Å². The average molecular weight is 330 g/mol. The van der Waals surface area contributed by atoms with Gasteiger partial charge in [-0.2, -0.15) is 4.98 Å². The Balaban J connectivity index is 1.65. The number of hydrogen-bond donors (Lipinski definition) is 2. The first-order valence-corrected chi connectivity index (χ1v) is 8.66. The van der Waals surface area contributed by atoms with Crippen molar-refractivity contribution in [3.8, 4) is 0 Å². The van der Waals surface area contributed by atoms with Crippen LogP contribution in [0.3, 0.4) is 0 Å². The van der Waals surface area contributed by atoms with E-state index in [0.717, 1.165) is 25.9 Å². The predicted molar refractivity (Wildman–Crippen MR) is 92.7 cm³/mol. The molecule has 1 aromatic carbocycles. The number of aliphatic hydroxyl groups excluding tert-OH is 1. The van der Waals surface area contributed by atoms with E-state index in [0.29, 0.717) is 18.4 Å². The second-order valence-corrected chi connectivity index (χ2v) is 6.68. The number of anilines is 1. The molecular formula is C18H26N4O2. The molecule has 1 aliphatic rings. The summed E-state index contributed by atoms with van der Waals surface area (Å²) >= 11 is 0. The van der Waals surface area contributed by atoms with Crippen molar-refractivity contribution in [2.75, 3.05) is 18.5 Å². The quantitative estimate of drug-likeness (QED) is 0.813. The van der Waals surface area contributed by atoms with Crippen molar-refractivity contribution in [3.63, 3.8) is 0 Å². The van der Waals surface area contributed by atoms with E-state index in [4.69, 9.17) is 4.52 Å². The van der Waals surface area contributed by atoms with Gasteiger partial charge in [0.2, 0.25) is 0 Å². The number of nitrogens with one attached hydrogen (secondary N) is 1. The first kappa shape index (κ1) is 16.9. The Morgan fingerprint density at radius 1 is 1.33 bits per heavy atom. The van der Waals surface area contributed by atoms with E-state index in [1.54, 1.807) is 0 Å². The van der Waals surface area contributed by atoms with Crippen LogP contribution in [0.4, 0.5) is 6.01 Å². The predicted octanol–water partition coefficient (Wildman–Crippen LogP) is 2.76. The number of hydrogen-bond acceptors (Lipinski definition) is 6. The molecule has 1 fully saturated rings. The zero-order valence-electron chi connectivity index (χ0n) is 14.4. The molecule has 0 bridgehead atoms. The third kappa shape index (κ3) is 3.94. The molecule has 24 heavy (non-hydrogen) atoms. The fourth-order valence-electron chi connectivity index (χ4n) is 3.13. The number of nitrogens with zero attached hydrogens (tertiary/aromatic N) is 3. The molecule has 1 aromatic heterocycles. The minimum absolute atomic E-state index is 0.236. The summed E-state index contributed by atoms with van der Waals surface area (Å²) in [6.07, 6.45) is 2.24. The van der Waals surface area contributed by atoms with Crippen molar-refractivity contribution in [2.24, 2.45) is 0 Å². The van der Waals surface area contributed by atoms with E-state index >= 15 is 0 Å². The Kier molecular flexibility index (Phi) is 5.48. The van der Waals surface area contributed by atoms with Crippen LogP contribution in [0.5, 0.6) is 0 Å². The van der Waals surface area contributed by atoms with Crippen molar-refractivity contribution < 1.29 is 9.63 Å². The van der Waals surface area contributed by atoms with Crippen LogP contribution in [0.1, 0.15) is 49.6 Å². The van der Waals surface area contributed by atoms with E-state index in [1.807, 2.05) is 19.9 Å². The van der Waals surface area contributed by atoms with Gasteiger partial charge in [0.05, 0.1) is 6.61 Å². The van der Waals surface area contributed by atoms with Gasteiger partial charge in [-0.05, 0) is 30.5 Å². The normalized spacial score (nSPS) is 18.4. The van der Waals surface area contributed by atoms with Crippen molar-refractivity contribution in [2.45, 2.75) is 51.7 Å². The van der Waals surface area contributed by atoms with E-state index in [2.05, 4.69) is 38.6 Å². The minimum Gasteiger partial charge on any atom is -0.395 e. The van der Waals surface area contributed by atoms with Crippen LogP contribution in [0.2, 0.25) is 0 Å². The molecule has 6 heteroatoms. The molecule has 0 unspecified atom stereocenters. The standard InChI is InChI=1S/C18H26N4O2/c1-13(2)17-20-18(24-21-17)19-10-14-6-3-4-7-15(14)11-22-9-5-8-16(22)12-23/h3-4,6-7,13,16,23H,5,8-12H2,1-2H3,(H,19,20,21)/t16-/m0/s1. The molecule has 6 nitrogen and oxygen atoms in total. The highest BCUT2D eigenvalue weighted by Gasteiger charge is 2.24. The Bertz CT molecular complexity index is 656. The number of aromatic nitrogens is 2. The summed E-state index contributed by atoms with van der Waals surface area (Å²) in [6, 6.07) is 9.12. The average Bonchev–Trinajstić information content (AvgIpc) is 3.23. The molecule has 2 N–H and O–H groups in total. The van der Waals surface area contributed by atoms with Crippen molar-refractivity contribution in [3.05, 3.63) is 41.2 Å². The third-order valence-electron chi connectivity index (χ3n) is 4.59. The first-order chi connectivity index (χ1) is 11.7. The lowest BCUT2D eigenvalue weighted by Gasteiger charge is -2.24. The maximum atomic E-state index is 9.50. The Morgan fingerprint density at radius 3 is 2.83 bits per heavy atom. The SMILES string of the molecule is CC(C)c1noc(NCc2ccccc2CN2CCC[C@H]2CO)n1. The van der Waals surface area contributed by atoms with Gasteiger partial charge in [-0.3, -0.25) is 4.90 Å². The smallest absolute Gasteiger partial charge is 0.321 e. The van der Waals surface area contributed by atoms with Crippen molar-refractivity contribution in [1.82, 2.24) is 15.0 Å². The van der Waals surface area contributed by atoms with Crippen molar-refractivity contribution >= 4 is 6.01 Å². The molecule has 0 spiro atoms. The summed E-state index contributed by atoms with van der Waals surface area (Å²) in [5.41, 5.74) is 2.49. The number of likely N-dealkylation sites (tertiary alicyclic amines) is 1. The third-order valence-corrected chi connectivity index (χ3v) is 4.59. The molecule has 1 saturated heterocycles. The monoisotopic (exact) mass is 330 g/mol.